The fraction of sp³-hybridized carbons (Fsp3) is 0.143. The highest BCUT2D eigenvalue weighted by molar-refractivity contribution is 5.92. The Morgan fingerprint density at radius 1 is 1.00 bits per heavy atom. The Balaban J connectivity index is 1.85. The van der Waals surface area contributed by atoms with E-state index >= 15 is 0 Å². The molecular formula is C14H15N3O. The third-order valence-electron chi connectivity index (χ3n) is 2.65. The second-order valence-corrected chi connectivity index (χ2v) is 4.02. The molecule has 92 valence electrons. The summed E-state index contributed by atoms with van der Waals surface area (Å²) in [7, 11) is 0. The number of nitrogens with two attached hydrogens (primary N) is 1. The first-order valence-corrected chi connectivity index (χ1v) is 5.74. The quantitative estimate of drug-likeness (QED) is 0.833. The lowest BCUT2D eigenvalue weighted by Crippen LogP contribution is -2.14. The van der Waals surface area contributed by atoms with Crippen molar-refractivity contribution in [1.82, 2.24) is 10.3 Å². The maximum atomic E-state index is 10.9. The SMILES string of the molecule is NC(=O)c1ccc(CNCc2ccncc2)cc1. The molecule has 0 spiro atoms. The van der Waals surface area contributed by atoms with Gasteiger partial charge in [0.15, 0.2) is 0 Å². The summed E-state index contributed by atoms with van der Waals surface area (Å²) in [6.45, 7) is 1.54. The van der Waals surface area contributed by atoms with Gasteiger partial charge >= 0.3 is 0 Å². The molecule has 0 aliphatic carbocycles. The summed E-state index contributed by atoms with van der Waals surface area (Å²) in [6.07, 6.45) is 3.55. The first-order chi connectivity index (χ1) is 8.75. The van der Waals surface area contributed by atoms with Crippen molar-refractivity contribution in [3.05, 3.63) is 65.5 Å². The van der Waals surface area contributed by atoms with Crippen molar-refractivity contribution in [2.24, 2.45) is 5.73 Å². The maximum Gasteiger partial charge on any atom is 0.248 e. The number of hydrogen-bond donors (Lipinski definition) is 2. The van der Waals surface area contributed by atoms with Crippen LogP contribution in [0.3, 0.4) is 0 Å². The standard InChI is InChI=1S/C14H15N3O/c15-14(18)13-3-1-11(2-4-13)9-17-10-12-5-7-16-8-6-12/h1-8,17H,9-10H2,(H2,15,18). The van der Waals surface area contributed by atoms with E-state index in [1.165, 1.54) is 5.56 Å². The lowest BCUT2D eigenvalue weighted by Gasteiger charge is -2.05. The molecule has 0 aliphatic rings. The number of benzene rings is 1. The number of rotatable bonds is 5. The van der Waals surface area contributed by atoms with Crippen molar-refractivity contribution in [3.8, 4) is 0 Å². The summed E-state index contributed by atoms with van der Waals surface area (Å²) >= 11 is 0. The molecule has 4 nitrogen and oxygen atoms in total. The van der Waals surface area contributed by atoms with E-state index in [1.807, 2.05) is 24.3 Å². The van der Waals surface area contributed by atoms with Gasteiger partial charge in [-0.05, 0) is 35.4 Å². The molecule has 2 rings (SSSR count). The summed E-state index contributed by atoms with van der Waals surface area (Å²) in [5.41, 5.74) is 8.03. The number of hydrogen-bond acceptors (Lipinski definition) is 3. The number of nitrogens with zero attached hydrogens (tertiary/aromatic N) is 1. The second-order valence-electron chi connectivity index (χ2n) is 4.02. The summed E-state index contributed by atoms with van der Waals surface area (Å²) in [5, 5.41) is 3.32. The minimum Gasteiger partial charge on any atom is -0.366 e. The van der Waals surface area contributed by atoms with Crippen LogP contribution in [0, 0.1) is 0 Å². The molecule has 1 aromatic heterocycles. The lowest BCUT2D eigenvalue weighted by atomic mass is 10.1. The van der Waals surface area contributed by atoms with Crippen LogP contribution in [0.2, 0.25) is 0 Å². The van der Waals surface area contributed by atoms with Crippen LogP contribution in [0.5, 0.6) is 0 Å². The van der Waals surface area contributed by atoms with E-state index in [0.717, 1.165) is 18.7 Å². The zero-order chi connectivity index (χ0) is 12.8. The van der Waals surface area contributed by atoms with E-state index in [0.29, 0.717) is 5.56 Å². The topological polar surface area (TPSA) is 68.0 Å². The van der Waals surface area contributed by atoms with Crippen molar-refractivity contribution >= 4 is 5.91 Å². The van der Waals surface area contributed by atoms with E-state index in [2.05, 4.69) is 10.3 Å². The van der Waals surface area contributed by atoms with Crippen LogP contribution in [-0.4, -0.2) is 10.9 Å². The largest absolute Gasteiger partial charge is 0.366 e. The molecule has 2 aromatic rings. The zero-order valence-corrected chi connectivity index (χ0v) is 9.97. The van der Waals surface area contributed by atoms with E-state index in [4.69, 9.17) is 5.73 Å². The number of pyridine rings is 1. The molecule has 0 bridgehead atoms. The number of amides is 1. The second kappa shape index (κ2) is 5.93. The van der Waals surface area contributed by atoms with Gasteiger partial charge in [-0.2, -0.15) is 0 Å². The van der Waals surface area contributed by atoms with Gasteiger partial charge < -0.3 is 11.1 Å². The molecule has 1 heterocycles. The van der Waals surface area contributed by atoms with E-state index < -0.39 is 5.91 Å². The van der Waals surface area contributed by atoms with E-state index in [-0.39, 0.29) is 0 Å². The van der Waals surface area contributed by atoms with Crippen molar-refractivity contribution in [3.63, 3.8) is 0 Å². The summed E-state index contributed by atoms with van der Waals surface area (Å²) in [6, 6.07) is 11.2. The van der Waals surface area contributed by atoms with E-state index in [1.54, 1.807) is 24.5 Å². The third-order valence-corrected chi connectivity index (χ3v) is 2.65. The first kappa shape index (κ1) is 12.3. The number of aromatic nitrogens is 1. The Kier molecular flexibility index (Phi) is 4.04. The Bertz CT molecular complexity index is 508. The molecule has 4 heteroatoms. The molecule has 0 fully saturated rings. The molecule has 0 saturated carbocycles. The monoisotopic (exact) mass is 241 g/mol. The zero-order valence-electron chi connectivity index (χ0n) is 9.97. The summed E-state index contributed by atoms with van der Waals surface area (Å²) in [4.78, 5) is 14.9. The third kappa shape index (κ3) is 3.40. The van der Waals surface area contributed by atoms with Crippen LogP contribution in [-0.2, 0) is 13.1 Å². The van der Waals surface area contributed by atoms with Gasteiger partial charge in [-0.25, -0.2) is 0 Å². The van der Waals surface area contributed by atoms with Crippen LogP contribution in [0.25, 0.3) is 0 Å². The molecule has 0 saturated heterocycles. The van der Waals surface area contributed by atoms with Gasteiger partial charge in [0, 0.05) is 31.0 Å². The van der Waals surface area contributed by atoms with E-state index in [9.17, 15) is 4.79 Å². The molecule has 0 radical (unpaired) electrons. The average Bonchev–Trinajstić information content (AvgIpc) is 2.40. The average molecular weight is 241 g/mol. The molecule has 3 N–H and O–H groups in total. The molecule has 0 aliphatic heterocycles. The smallest absolute Gasteiger partial charge is 0.248 e. The molecule has 1 amide bonds. The van der Waals surface area contributed by atoms with Crippen molar-refractivity contribution in [1.29, 1.82) is 0 Å². The van der Waals surface area contributed by atoms with Gasteiger partial charge in [0.2, 0.25) is 5.91 Å². The highest BCUT2D eigenvalue weighted by Crippen LogP contribution is 2.04. The number of carbonyl (C=O) groups is 1. The maximum absolute atomic E-state index is 10.9. The Morgan fingerprint density at radius 2 is 1.56 bits per heavy atom. The summed E-state index contributed by atoms with van der Waals surface area (Å²) in [5.74, 6) is -0.397. The van der Waals surface area contributed by atoms with Gasteiger partial charge in [-0.15, -0.1) is 0 Å². The fourth-order valence-corrected chi connectivity index (χ4v) is 1.64. The highest BCUT2D eigenvalue weighted by atomic mass is 16.1. The normalized spacial score (nSPS) is 10.2. The van der Waals surface area contributed by atoms with Crippen LogP contribution >= 0.6 is 0 Å². The molecule has 1 aromatic carbocycles. The lowest BCUT2D eigenvalue weighted by molar-refractivity contribution is 0.100. The number of primary amides is 1. The fourth-order valence-electron chi connectivity index (χ4n) is 1.64. The molecular weight excluding hydrogens is 226 g/mol. The van der Waals surface area contributed by atoms with Crippen LogP contribution in [0.15, 0.2) is 48.8 Å². The number of carbonyl (C=O) groups excluding carboxylic acids is 1. The van der Waals surface area contributed by atoms with Gasteiger partial charge in [-0.3, -0.25) is 9.78 Å². The van der Waals surface area contributed by atoms with Gasteiger partial charge in [0.1, 0.15) is 0 Å². The summed E-state index contributed by atoms with van der Waals surface area (Å²) < 4.78 is 0. The Labute approximate surface area is 106 Å². The van der Waals surface area contributed by atoms with Crippen molar-refractivity contribution in [2.45, 2.75) is 13.1 Å². The Morgan fingerprint density at radius 3 is 2.11 bits per heavy atom. The Hall–Kier alpha value is -2.20. The van der Waals surface area contributed by atoms with Crippen molar-refractivity contribution < 1.29 is 4.79 Å². The predicted octanol–water partition coefficient (Wildman–Crippen LogP) is 1.47. The van der Waals surface area contributed by atoms with Gasteiger partial charge in [0.25, 0.3) is 0 Å². The predicted molar refractivity (Wildman–Crippen MR) is 69.7 cm³/mol. The molecule has 0 atom stereocenters. The first-order valence-electron chi connectivity index (χ1n) is 5.74. The van der Waals surface area contributed by atoms with Gasteiger partial charge in [-0.1, -0.05) is 12.1 Å². The van der Waals surface area contributed by atoms with Crippen molar-refractivity contribution in [2.75, 3.05) is 0 Å². The van der Waals surface area contributed by atoms with Crippen LogP contribution in [0.1, 0.15) is 21.5 Å². The van der Waals surface area contributed by atoms with Gasteiger partial charge in [0.05, 0.1) is 0 Å². The highest BCUT2D eigenvalue weighted by Gasteiger charge is 1.99. The minimum absolute atomic E-state index is 0.397. The molecule has 18 heavy (non-hydrogen) atoms. The number of nitrogens with one attached hydrogen (secondary N) is 1. The molecule has 0 unspecified atom stereocenters. The minimum atomic E-state index is -0.397. The van der Waals surface area contributed by atoms with Crippen LogP contribution < -0.4 is 11.1 Å². The van der Waals surface area contributed by atoms with Crippen LogP contribution in [0.4, 0.5) is 0 Å².